The molecule has 3 nitrogen and oxygen atoms in total. The average Bonchev–Trinajstić information content (AvgIpc) is 2.84. The Labute approximate surface area is 110 Å². The highest BCUT2D eigenvalue weighted by atomic mass is 32.1. The van der Waals surface area contributed by atoms with Gasteiger partial charge in [-0.2, -0.15) is 0 Å². The van der Waals surface area contributed by atoms with Gasteiger partial charge >= 0.3 is 5.97 Å². The van der Waals surface area contributed by atoms with Crippen LogP contribution >= 0.6 is 11.3 Å². The van der Waals surface area contributed by atoms with Crippen LogP contribution < -0.4 is 5.32 Å². The molecule has 0 radical (unpaired) electrons. The zero-order valence-corrected chi connectivity index (χ0v) is 10.2. The first-order valence-corrected chi connectivity index (χ1v) is 6.00. The van der Waals surface area contributed by atoms with E-state index in [2.05, 4.69) is 5.32 Å². The van der Waals surface area contributed by atoms with Crippen molar-refractivity contribution in [2.45, 2.75) is 6.54 Å². The van der Waals surface area contributed by atoms with Crippen molar-refractivity contribution in [3.05, 3.63) is 51.5 Å². The van der Waals surface area contributed by atoms with Gasteiger partial charge < -0.3 is 10.4 Å². The zero-order valence-electron chi connectivity index (χ0n) is 9.41. The average molecular weight is 287 g/mol. The maximum Gasteiger partial charge on any atom is 0.345 e. The second-order valence-corrected chi connectivity index (χ2v) is 4.82. The first kappa shape index (κ1) is 13.4. The van der Waals surface area contributed by atoms with Gasteiger partial charge in [0.15, 0.2) is 17.5 Å². The summed E-state index contributed by atoms with van der Waals surface area (Å²) in [6.45, 7) is 0.125. The summed E-state index contributed by atoms with van der Waals surface area (Å²) in [6, 6.07) is 4.89. The van der Waals surface area contributed by atoms with Crippen LogP contribution in [-0.2, 0) is 6.54 Å². The highest BCUT2D eigenvalue weighted by Gasteiger charge is 2.13. The number of anilines is 1. The lowest BCUT2D eigenvalue weighted by Crippen LogP contribution is -2.02. The fraction of sp³-hybridized carbons (Fsp3) is 0.0833. The summed E-state index contributed by atoms with van der Waals surface area (Å²) in [4.78, 5) is 11.5. The smallest absolute Gasteiger partial charge is 0.345 e. The summed E-state index contributed by atoms with van der Waals surface area (Å²) >= 11 is 1.02. The van der Waals surface area contributed by atoms with Crippen molar-refractivity contribution in [1.29, 1.82) is 0 Å². The van der Waals surface area contributed by atoms with E-state index in [-0.39, 0.29) is 17.1 Å². The Balaban J connectivity index is 2.10. The van der Waals surface area contributed by atoms with E-state index in [1.807, 2.05) is 0 Å². The van der Waals surface area contributed by atoms with Crippen molar-refractivity contribution >= 4 is 23.0 Å². The molecule has 2 rings (SSSR count). The number of hydrogen-bond donors (Lipinski definition) is 2. The van der Waals surface area contributed by atoms with Crippen molar-refractivity contribution < 1.29 is 23.1 Å². The molecule has 0 unspecified atom stereocenters. The van der Waals surface area contributed by atoms with Gasteiger partial charge in [0.25, 0.3) is 0 Å². The Kier molecular flexibility index (Phi) is 3.75. The lowest BCUT2D eigenvalue weighted by atomic mass is 10.2. The predicted molar refractivity (Wildman–Crippen MR) is 64.9 cm³/mol. The van der Waals surface area contributed by atoms with Crippen LogP contribution in [-0.4, -0.2) is 11.1 Å². The number of rotatable bonds is 4. The summed E-state index contributed by atoms with van der Waals surface area (Å²) in [6.07, 6.45) is 0. The van der Waals surface area contributed by atoms with Gasteiger partial charge in [-0.25, -0.2) is 18.0 Å². The van der Waals surface area contributed by atoms with Gasteiger partial charge in [0.2, 0.25) is 0 Å². The number of carbonyl (C=O) groups is 1. The van der Waals surface area contributed by atoms with Gasteiger partial charge in [0.1, 0.15) is 4.88 Å². The second-order valence-electron chi connectivity index (χ2n) is 3.65. The second kappa shape index (κ2) is 5.31. The fourth-order valence-electron chi connectivity index (χ4n) is 1.43. The molecule has 2 aromatic rings. The van der Waals surface area contributed by atoms with E-state index < -0.39 is 23.4 Å². The summed E-state index contributed by atoms with van der Waals surface area (Å²) in [5.41, 5.74) is -0.177. The standard InChI is InChI=1S/C12H8F3NO2S/c13-7-2-3-8(11(15)10(7)14)16-5-6-1-4-9(19-6)12(17)18/h1-4,16H,5H2,(H,17,18). The summed E-state index contributed by atoms with van der Waals surface area (Å²) in [5, 5.41) is 11.3. The monoisotopic (exact) mass is 287 g/mol. The maximum absolute atomic E-state index is 13.3. The van der Waals surface area contributed by atoms with Crippen LogP contribution in [0.25, 0.3) is 0 Å². The largest absolute Gasteiger partial charge is 0.477 e. The number of aromatic carboxylic acids is 1. The summed E-state index contributed by atoms with van der Waals surface area (Å²) in [5.74, 6) is -5.14. The van der Waals surface area contributed by atoms with Crippen LogP contribution in [0, 0.1) is 17.5 Å². The first-order valence-electron chi connectivity index (χ1n) is 5.18. The number of carboxylic acid groups (broad SMARTS) is 1. The van der Waals surface area contributed by atoms with Crippen LogP contribution in [0.5, 0.6) is 0 Å². The Bertz CT molecular complexity index is 627. The van der Waals surface area contributed by atoms with Crippen LogP contribution in [0.3, 0.4) is 0 Å². The van der Waals surface area contributed by atoms with Crippen molar-refractivity contribution in [3.8, 4) is 0 Å². The molecule has 1 aromatic carbocycles. The number of thiophene rings is 1. The van der Waals surface area contributed by atoms with E-state index in [4.69, 9.17) is 5.11 Å². The zero-order chi connectivity index (χ0) is 14.0. The number of hydrogen-bond acceptors (Lipinski definition) is 3. The van der Waals surface area contributed by atoms with E-state index in [1.54, 1.807) is 6.07 Å². The van der Waals surface area contributed by atoms with Crippen molar-refractivity contribution in [2.75, 3.05) is 5.32 Å². The molecule has 0 aliphatic rings. The van der Waals surface area contributed by atoms with Gasteiger partial charge in [-0.1, -0.05) is 0 Å². The first-order chi connectivity index (χ1) is 8.99. The number of carboxylic acids is 1. The quantitative estimate of drug-likeness (QED) is 0.846. The maximum atomic E-state index is 13.3. The highest BCUT2D eigenvalue weighted by Crippen LogP contribution is 2.22. The minimum atomic E-state index is -1.54. The summed E-state index contributed by atoms with van der Waals surface area (Å²) < 4.78 is 39.0. The van der Waals surface area contributed by atoms with Crippen LogP contribution in [0.15, 0.2) is 24.3 Å². The molecule has 0 fully saturated rings. The number of nitrogens with one attached hydrogen (secondary N) is 1. The van der Waals surface area contributed by atoms with Gasteiger partial charge in [0, 0.05) is 11.4 Å². The molecule has 0 aliphatic heterocycles. The van der Waals surface area contributed by atoms with E-state index in [9.17, 15) is 18.0 Å². The molecule has 0 amide bonds. The van der Waals surface area contributed by atoms with Gasteiger partial charge in [0.05, 0.1) is 5.69 Å². The topological polar surface area (TPSA) is 49.3 Å². The third kappa shape index (κ3) is 2.87. The number of halogens is 3. The van der Waals surface area contributed by atoms with E-state index in [0.717, 1.165) is 23.5 Å². The normalized spacial score (nSPS) is 10.5. The molecular weight excluding hydrogens is 279 g/mol. The molecule has 0 aliphatic carbocycles. The molecule has 0 saturated carbocycles. The van der Waals surface area contributed by atoms with E-state index >= 15 is 0 Å². The SMILES string of the molecule is O=C(O)c1ccc(CNc2ccc(F)c(F)c2F)s1. The molecule has 19 heavy (non-hydrogen) atoms. The van der Waals surface area contributed by atoms with E-state index in [0.29, 0.717) is 4.88 Å². The van der Waals surface area contributed by atoms with Crippen molar-refractivity contribution in [1.82, 2.24) is 0 Å². The molecule has 1 heterocycles. The Morgan fingerprint density at radius 3 is 2.53 bits per heavy atom. The molecule has 0 spiro atoms. The predicted octanol–water partition coefficient (Wildman–Crippen LogP) is 3.48. The lowest BCUT2D eigenvalue weighted by molar-refractivity contribution is 0.0702. The molecule has 2 N–H and O–H groups in total. The van der Waals surface area contributed by atoms with Gasteiger partial charge in [-0.3, -0.25) is 0 Å². The third-order valence-electron chi connectivity index (χ3n) is 2.36. The van der Waals surface area contributed by atoms with Crippen LogP contribution in [0.2, 0.25) is 0 Å². The minimum absolute atomic E-state index is 0.125. The Morgan fingerprint density at radius 1 is 1.16 bits per heavy atom. The fourth-order valence-corrected chi connectivity index (χ4v) is 2.22. The molecule has 0 atom stereocenters. The molecule has 0 saturated heterocycles. The molecule has 7 heteroatoms. The van der Waals surface area contributed by atoms with Crippen molar-refractivity contribution in [2.24, 2.45) is 0 Å². The van der Waals surface area contributed by atoms with Crippen LogP contribution in [0.4, 0.5) is 18.9 Å². The lowest BCUT2D eigenvalue weighted by Gasteiger charge is -2.06. The third-order valence-corrected chi connectivity index (χ3v) is 3.43. The molecule has 100 valence electrons. The summed E-state index contributed by atoms with van der Waals surface area (Å²) in [7, 11) is 0. The molecule has 1 aromatic heterocycles. The molecule has 0 bridgehead atoms. The van der Waals surface area contributed by atoms with Gasteiger partial charge in [-0.05, 0) is 24.3 Å². The minimum Gasteiger partial charge on any atom is -0.477 e. The Morgan fingerprint density at radius 2 is 1.89 bits per heavy atom. The number of benzene rings is 1. The van der Waals surface area contributed by atoms with Crippen molar-refractivity contribution in [3.63, 3.8) is 0 Å². The Hall–Kier alpha value is -2.02. The van der Waals surface area contributed by atoms with Gasteiger partial charge in [-0.15, -0.1) is 11.3 Å². The highest BCUT2D eigenvalue weighted by molar-refractivity contribution is 7.13. The molecular formula is C12H8F3NO2S. The van der Waals surface area contributed by atoms with E-state index in [1.165, 1.54) is 6.07 Å². The van der Waals surface area contributed by atoms with Crippen LogP contribution in [0.1, 0.15) is 14.5 Å².